The molecule has 0 unspecified atom stereocenters. The number of carbonyl (C=O) groups excluding carboxylic acids is 2. The van der Waals surface area contributed by atoms with Crippen LogP contribution in [0, 0.1) is 19.7 Å². The summed E-state index contributed by atoms with van der Waals surface area (Å²) in [6.07, 6.45) is 1.71. The second-order valence-corrected chi connectivity index (χ2v) is 8.00. The molecular weight excluding hydrogens is 409 g/mol. The molecule has 1 aliphatic rings. The molecule has 32 heavy (non-hydrogen) atoms. The van der Waals surface area contributed by atoms with Gasteiger partial charge in [0, 0.05) is 37.9 Å². The fraction of sp³-hybridized carbons (Fsp3) is 0.250. The van der Waals surface area contributed by atoms with E-state index in [9.17, 15) is 14.0 Å². The minimum Gasteiger partial charge on any atom is -0.327 e. The van der Waals surface area contributed by atoms with Gasteiger partial charge in [-0.05, 0) is 48.7 Å². The topological polar surface area (TPSA) is 80.1 Å². The van der Waals surface area contributed by atoms with Gasteiger partial charge in [0.1, 0.15) is 11.6 Å². The van der Waals surface area contributed by atoms with E-state index in [0.29, 0.717) is 11.1 Å². The van der Waals surface area contributed by atoms with Crippen molar-refractivity contribution < 1.29 is 14.0 Å². The van der Waals surface area contributed by atoms with Gasteiger partial charge in [0.15, 0.2) is 11.6 Å². The number of amides is 2. The van der Waals surface area contributed by atoms with Crippen LogP contribution in [0.2, 0.25) is 0 Å². The second-order valence-electron chi connectivity index (χ2n) is 8.00. The lowest BCUT2D eigenvalue weighted by Gasteiger charge is -2.30. The number of aryl methyl sites for hydroxylation is 2. The van der Waals surface area contributed by atoms with Gasteiger partial charge in [-0.25, -0.2) is 9.18 Å². The largest absolute Gasteiger partial charge is 0.327 e. The Morgan fingerprint density at radius 1 is 1.09 bits per heavy atom. The Labute approximate surface area is 185 Å². The Balaban J connectivity index is 1.66. The van der Waals surface area contributed by atoms with Gasteiger partial charge < -0.3 is 14.8 Å². The number of halogens is 1. The molecule has 0 fully saturated rings. The Hall–Kier alpha value is -3.81. The zero-order valence-electron chi connectivity index (χ0n) is 18.4. The molecule has 0 spiro atoms. The average Bonchev–Trinajstić information content (AvgIpc) is 3.10. The van der Waals surface area contributed by atoms with E-state index in [4.69, 9.17) is 0 Å². The Morgan fingerprint density at radius 2 is 1.81 bits per heavy atom. The van der Waals surface area contributed by atoms with Gasteiger partial charge in [0.05, 0.1) is 6.04 Å². The quantitative estimate of drug-likeness (QED) is 0.666. The van der Waals surface area contributed by atoms with Crippen molar-refractivity contribution in [2.45, 2.75) is 26.3 Å². The maximum absolute atomic E-state index is 13.4. The highest BCUT2D eigenvalue weighted by Crippen LogP contribution is 2.29. The molecule has 3 aromatic rings. The number of hydrogen-bond donors (Lipinski definition) is 1. The number of hydrogen-bond acceptors (Lipinski definition) is 4. The molecule has 1 aliphatic heterocycles. The summed E-state index contributed by atoms with van der Waals surface area (Å²) in [4.78, 5) is 27.0. The number of nitrogens with zero attached hydrogens (tertiary/aromatic N) is 4. The number of nitrogens with one attached hydrogen (secondary N) is 1. The first-order valence-corrected chi connectivity index (χ1v) is 10.2. The van der Waals surface area contributed by atoms with Gasteiger partial charge in [-0.3, -0.25) is 4.79 Å². The molecule has 0 bridgehead atoms. The van der Waals surface area contributed by atoms with Crippen LogP contribution in [0.25, 0.3) is 11.4 Å². The predicted octanol–water partition coefficient (Wildman–Crippen LogP) is 3.63. The van der Waals surface area contributed by atoms with Gasteiger partial charge in [-0.1, -0.05) is 24.3 Å². The third kappa shape index (κ3) is 4.03. The monoisotopic (exact) mass is 433 g/mol. The molecule has 0 saturated carbocycles. The highest BCUT2D eigenvalue weighted by Gasteiger charge is 2.30. The van der Waals surface area contributed by atoms with Gasteiger partial charge >= 0.3 is 6.03 Å². The van der Waals surface area contributed by atoms with Gasteiger partial charge in [0.25, 0.3) is 0 Å². The van der Waals surface area contributed by atoms with Gasteiger partial charge in [0.2, 0.25) is 0 Å². The molecule has 8 heteroatoms. The van der Waals surface area contributed by atoms with Crippen molar-refractivity contribution in [2.75, 3.05) is 7.05 Å². The molecular formula is C24H24FN5O2. The van der Waals surface area contributed by atoms with Crippen LogP contribution in [0.15, 0.2) is 54.2 Å². The Kier molecular flexibility index (Phi) is 5.61. The number of carbonyl (C=O) groups is 2. The lowest BCUT2D eigenvalue weighted by Crippen LogP contribution is -2.43. The summed E-state index contributed by atoms with van der Waals surface area (Å²) < 4.78 is 15.3. The predicted molar refractivity (Wildman–Crippen MR) is 118 cm³/mol. The van der Waals surface area contributed by atoms with Crippen LogP contribution in [0.5, 0.6) is 0 Å². The standard InChI is InChI=1S/C24H24FN5O2/c1-14-5-6-17(23-28-27-15(2)30(23)4)11-18(14)12-21(31)20-13-29(3)24(32)26-22(20)16-7-9-19(25)10-8-16/h5-11,13,22H,12H2,1-4H3,(H,26,32)/t22-/m0/s1. The third-order valence-electron chi connectivity index (χ3n) is 5.81. The van der Waals surface area contributed by atoms with Crippen LogP contribution in [-0.4, -0.2) is 38.5 Å². The average molecular weight is 433 g/mol. The maximum Gasteiger partial charge on any atom is 0.321 e. The van der Waals surface area contributed by atoms with E-state index < -0.39 is 6.04 Å². The molecule has 0 radical (unpaired) electrons. The number of urea groups is 1. The fourth-order valence-electron chi connectivity index (χ4n) is 3.73. The van der Waals surface area contributed by atoms with Crippen LogP contribution in [0.1, 0.15) is 28.6 Å². The van der Waals surface area contributed by atoms with Crippen LogP contribution < -0.4 is 5.32 Å². The summed E-state index contributed by atoms with van der Waals surface area (Å²) >= 11 is 0. The molecule has 4 rings (SSSR count). The molecule has 1 atom stereocenters. The SMILES string of the molecule is Cc1ccc(-c2nnc(C)n2C)cc1CC(=O)C1=CN(C)C(=O)N[C@H]1c1ccc(F)cc1. The van der Waals surface area contributed by atoms with Crippen molar-refractivity contribution in [3.8, 4) is 11.4 Å². The molecule has 2 amide bonds. The highest BCUT2D eigenvalue weighted by atomic mass is 19.1. The molecule has 164 valence electrons. The van der Waals surface area contributed by atoms with Crippen molar-refractivity contribution >= 4 is 11.8 Å². The molecule has 0 saturated heterocycles. The second kappa shape index (κ2) is 8.37. The van der Waals surface area contributed by atoms with E-state index >= 15 is 0 Å². The minimum atomic E-state index is -0.642. The van der Waals surface area contributed by atoms with Gasteiger partial charge in [-0.2, -0.15) is 0 Å². The van der Waals surface area contributed by atoms with Crippen LogP contribution in [0.3, 0.4) is 0 Å². The lowest BCUT2D eigenvalue weighted by atomic mass is 9.90. The minimum absolute atomic E-state index is 0.124. The van der Waals surface area contributed by atoms with Crippen LogP contribution >= 0.6 is 0 Å². The maximum atomic E-state index is 13.4. The van der Waals surface area contributed by atoms with Crippen molar-refractivity contribution in [2.24, 2.45) is 7.05 Å². The zero-order chi connectivity index (χ0) is 23.0. The van der Waals surface area contributed by atoms with Crippen molar-refractivity contribution in [3.63, 3.8) is 0 Å². The fourth-order valence-corrected chi connectivity index (χ4v) is 3.73. The summed E-state index contributed by atoms with van der Waals surface area (Å²) in [5.74, 6) is 1.02. The number of benzene rings is 2. The zero-order valence-corrected chi connectivity index (χ0v) is 18.4. The highest BCUT2D eigenvalue weighted by molar-refractivity contribution is 6.00. The number of aromatic nitrogens is 3. The van der Waals surface area contributed by atoms with E-state index in [1.807, 2.05) is 43.7 Å². The summed E-state index contributed by atoms with van der Waals surface area (Å²) in [6.45, 7) is 3.83. The van der Waals surface area contributed by atoms with Gasteiger partial charge in [-0.15, -0.1) is 10.2 Å². The Morgan fingerprint density at radius 3 is 2.47 bits per heavy atom. The summed E-state index contributed by atoms with van der Waals surface area (Å²) in [7, 11) is 3.49. The Bertz CT molecular complexity index is 1230. The molecule has 1 aromatic heterocycles. The van der Waals surface area contributed by atoms with E-state index in [2.05, 4.69) is 15.5 Å². The smallest absolute Gasteiger partial charge is 0.321 e. The molecule has 1 N–H and O–H groups in total. The van der Waals surface area contributed by atoms with E-state index in [0.717, 1.165) is 28.3 Å². The third-order valence-corrected chi connectivity index (χ3v) is 5.81. The summed E-state index contributed by atoms with van der Waals surface area (Å²) in [5.41, 5.74) is 3.81. The van der Waals surface area contributed by atoms with E-state index in [-0.39, 0.29) is 24.1 Å². The summed E-state index contributed by atoms with van der Waals surface area (Å²) in [6, 6.07) is 10.7. The first-order chi connectivity index (χ1) is 15.2. The van der Waals surface area contributed by atoms with Crippen molar-refractivity contribution in [1.29, 1.82) is 0 Å². The molecule has 2 aromatic carbocycles. The summed E-state index contributed by atoms with van der Waals surface area (Å²) in [5, 5.41) is 11.2. The molecule has 7 nitrogen and oxygen atoms in total. The number of ketones is 1. The first kappa shape index (κ1) is 21.4. The van der Waals surface area contributed by atoms with E-state index in [1.54, 1.807) is 25.4 Å². The lowest BCUT2D eigenvalue weighted by molar-refractivity contribution is -0.115. The molecule has 2 heterocycles. The van der Waals surface area contributed by atoms with Crippen molar-refractivity contribution in [3.05, 3.63) is 82.6 Å². The van der Waals surface area contributed by atoms with E-state index in [1.165, 1.54) is 17.0 Å². The first-order valence-electron chi connectivity index (χ1n) is 10.2. The normalized spacial score (nSPS) is 16.0. The number of rotatable bonds is 5. The number of Topliss-reactive ketones (excluding diaryl/α,β-unsaturated/α-hetero) is 1. The van der Waals surface area contributed by atoms with Crippen LogP contribution in [0.4, 0.5) is 9.18 Å². The molecule has 0 aliphatic carbocycles. The van der Waals surface area contributed by atoms with Crippen molar-refractivity contribution in [1.82, 2.24) is 25.0 Å². The van der Waals surface area contributed by atoms with Crippen LogP contribution in [-0.2, 0) is 18.3 Å².